The van der Waals surface area contributed by atoms with E-state index >= 15 is 0 Å². The van der Waals surface area contributed by atoms with Gasteiger partial charge in [0.25, 0.3) is 0 Å². The molecule has 0 unspecified atom stereocenters. The number of nitrogens with one attached hydrogen (secondary N) is 1. The summed E-state index contributed by atoms with van der Waals surface area (Å²) in [4.78, 5) is 0.980. The molecule has 97 valence electrons. The minimum absolute atomic E-state index is 0.431. The standard InChI is InChI=1S/C11H12N5S.CH3.Al/c1-5-6(2)13-14-11-7(5)8-9(17-11)10(12-3)16(4)15-8;;/h12H,3H2,1-2,4H3;1H3;. The largest absolute Gasteiger partial charge is 0.384 e. The highest BCUT2D eigenvalue weighted by molar-refractivity contribution is 7.26. The molecule has 19 heavy (non-hydrogen) atoms. The van der Waals surface area contributed by atoms with Gasteiger partial charge in [0.05, 0.1) is 10.4 Å². The lowest BCUT2D eigenvalue weighted by molar-refractivity contribution is 0.786. The molecule has 1 N–H and O–H groups in total. The average Bonchev–Trinajstić information content (AvgIpc) is 2.87. The molecule has 0 aromatic carbocycles. The Balaban J connectivity index is 2.31. The molecule has 0 fully saturated rings. The van der Waals surface area contributed by atoms with E-state index in [1.165, 1.54) is 10.3 Å². The maximum absolute atomic E-state index is 4.66. The van der Waals surface area contributed by atoms with E-state index in [0.717, 1.165) is 32.7 Å². The van der Waals surface area contributed by atoms with Crippen molar-refractivity contribution in [1.82, 2.24) is 20.0 Å². The van der Waals surface area contributed by atoms with Crippen LogP contribution in [0.1, 0.15) is 11.3 Å². The Morgan fingerprint density at radius 1 is 1.32 bits per heavy atom. The highest BCUT2D eigenvalue weighted by atomic mass is 32.1. The van der Waals surface area contributed by atoms with Crippen molar-refractivity contribution in [2.24, 2.45) is 7.05 Å². The van der Waals surface area contributed by atoms with Gasteiger partial charge in [0.1, 0.15) is 16.2 Å². The van der Waals surface area contributed by atoms with Gasteiger partial charge in [-0.25, -0.2) is 0 Å². The minimum Gasteiger partial charge on any atom is -0.384 e. The minimum atomic E-state index is 0.431. The van der Waals surface area contributed by atoms with Crippen LogP contribution in [0.4, 0.5) is 5.82 Å². The van der Waals surface area contributed by atoms with Gasteiger partial charge in [-0.05, 0) is 24.8 Å². The van der Waals surface area contributed by atoms with Crippen LogP contribution in [0.5, 0.6) is 0 Å². The second-order valence-corrected chi connectivity index (χ2v) is 6.86. The van der Waals surface area contributed by atoms with Gasteiger partial charge in [-0.15, -0.1) is 22.2 Å². The van der Waals surface area contributed by atoms with E-state index in [0.29, 0.717) is 15.2 Å². The van der Waals surface area contributed by atoms with Crippen LogP contribution in [0.15, 0.2) is 0 Å². The van der Waals surface area contributed by atoms with E-state index in [1.54, 1.807) is 11.3 Å². The van der Waals surface area contributed by atoms with Crippen LogP contribution in [-0.2, 0) is 7.05 Å². The molecule has 3 heterocycles. The van der Waals surface area contributed by atoms with Gasteiger partial charge in [0.2, 0.25) is 15.2 Å². The fourth-order valence-corrected chi connectivity index (χ4v) is 3.76. The lowest BCUT2D eigenvalue weighted by Crippen LogP contribution is -2.09. The van der Waals surface area contributed by atoms with Crippen molar-refractivity contribution in [2.45, 2.75) is 19.6 Å². The van der Waals surface area contributed by atoms with Crippen LogP contribution in [0.2, 0.25) is 5.79 Å². The summed E-state index contributed by atoms with van der Waals surface area (Å²) in [6.45, 7) is 4.09. The summed E-state index contributed by atoms with van der Waals surface area (Å²) in [5.41, 5.74) is 3.21. The molecule has 7 heteroatoms. The van der Waals surface area contributed by atoms with Crippen LogP contribution >= 0.6 is 11.3 Å². The summed E-state index contributed by atoms with van der Waals surface area (Å²) >= 11 is 2.10. The van der Waals surface area contributed by atoms with Gasteiger partial charge in [0, 0.05) is 12.4 Å². The van der Waals surface area contributed by atoms with Gasteiger partial charge in [-0.2, -0.15) is 10.2 Å². The first-order valence-corrected chi connectivity index (χ1v) is 9.03. The molecule has 3 rings (SSSR count). The molecule has 3 aromatic rings. The van der Waals surface area contributed by atoms with Gasteiger partial charge >= 0.3 is 0 Å². The van der Waals surface area contributed by atoms with E-state index in [2.05, 4.69) is 33.3 Å². The lowest BCUT2D eigenvalue weighted by atomic mass is 10.1. The first kappa shape index (κ1) is 12.9. The molecule has 5 nitrogen and oxygen atoms in total. The van der Waals surface area contributed by atoms with Crippen LogP contribution in [0.3, 0.4) is 0 Å². The molecule has 0 saturated carbocycles. The zero-order valence-electron chi connectivity index (χ0n) is 11.5. The van der Waals surface area contributed by atoms with Crippen molar-refractivity contribution in [1.29, 1.82) is 0 Å². The average molecular weight is 288 g/mol. The SMILES string of the molecule is [CH3][Al][CH2]Nc1c2sc3nnc(C)c(C)c3c2nn1C. The quantitative estimate of drug-likeness (QED) is 0.751. The number of hydrogen-bond donors (Lipinski definition) is 1. The molecule has 0 bridgehead atoms. The zero-order valence-corrected chi connectivity index (χ0v) is 13.5. The Labute approximate surface area is 121 Å². The molecule has 0 aliphatic carbocycles. The van der Waals surface area contributed by atoms with Crippen LogP contribution in [0, 0.1) is 13.8 Å². The summed E-state index contributed by atoms with van der Waals surface area (Å²) in [6, 6.07) is 0. The maximum Gasteiger partial charge on any atom is 0.227 e. The Morgan fingerprint density at radius 3 is 2.84 bits per heavy atom. The molecule has 0 aliphatic rings. The van der Waals surface area contributed by atoms with Gasteiger partial charge in [0.15, 0.2) is 0 Å². The molecule has 0 spiro atoms. The van der Waals surface area contributed by atoms with E-state index in [-0.39, 0.29) is 0 Å². The third-order valence-electron chi connectivity index (χ3n) is 3.34. The molecular weight excluding hydrogens is 273 g/mol. The van der Waals surface area contributed by atoms with Gasteiger partial charge in [-0.3, -0.25) is 4.68 Å². The second kappa shape index (κ2) is 4.75. The normalized spacial score (nSPS) is 11.4. The highest BCUT2D eigenvalue weighted by Crippen LogP contribution is 2.38. The van der Waals surface area contributed by atoms with E-state index in [9.17, 15) is 0 Å². The fraction of sp³-hybridized carbons (Fsp3) is 0.417. The molecule has 3 aromatic heterocycles. The Kier molecular flexibility index (Phi) is 3.21. The van der Waals surface area contributed by atoms with Crippen molar-refractivity contribution < 1.29 is 0 Å². The second-order valence-electron chi connectivity index (χ2n) is 4.63. The monoisotopic (exact) mass is 288 g/mol. The van der Waals surface area contributed by atoms with E-state index in [1.807, 2.05) is 18.7 Å². The molecule has 0 aliphatic heterocycles. The number of fused-ring (bicyclic) bond motifs is 3. The van der Waals surface area contributed by atoms with E-state index < -0.39 is 0 Å². The number of nitrogens with zero attached hydrogens (tertiary/aromatic N) is 4. The van der Waals surface area contributed by atoms with Crippen molar-refractivity contribution in [3.63, 3.8) is 0 Å². The van der Waals surface area contributed by atoms with Crippen LogP contribution in [-0.4, -0.2) is 40.6 Å². The smallest absolute Gasteiger partial charge is 0.227 e. The number of aromatic nitrogens is 4. The topological polar surface area (TPSA) is 55.6 Å². The summed E-state index contributed by atoms with van der Waals surface area (Å²) in [7, 11) is 1.99. The first-order valence-electron chi connectivity index (χ1n) is 6.24. The molecule has 0 amide bonds. The fourth-order valence-electron chi connectivity index (χ4n) is 2.19. The predicted molar refractivity (Wildman–Crippen MR) is 81.3 cm³/mol. The Hall–Kier alpha value is -1.16. The summed E-state index contributed by atoms with van der Waals surface area (Å²) in [5.74, 6) is 3.34. The number of aryl methyl sites for hydroxylation is 3. The molecule has 1 radical (unpaired) electrons. The van der Waals surface area contributed by atoms with Gasteiger partial charge < -0.3 is 5.32 Å². The summed E-state index contributed by atoms with van der Waals surface area (Å²) in [5, 5.41) is 18.8. The van der Waals surface area contributed by atoms with Crippen LogP contribution in [0.25, 0.3) is 20.4 Å². The highest BCUT2D eigenvalue weighted by Gasteiger charge is 2.18. The molecular formula is C12H15AlN5S. The number of rotatable bonds is 3. The number of anilines is 1. The first-order chi connectivity index (χ1) is 9.13. The summed E-state index contributed by atoms with van der Waals surface area (Å²) < 4.78 is 3.12. The molecule has 0 saturated heterocycles. The van der Waals surface area contributed by atoms with Crippen molar-refractivity contribution in [3.8, 4) is 0 Å². The lowest BCUT2D eigenvalue weighted by Gasteiger charge is -2.03. The van der Waals surface area contributed by atoms with E-state index in [4.69, 9.17) is 0 Å². The van der Waals surface area contributed by atoms with Crippen molar-refractivity contribution >= 4 is 52.8 Å². The van der Waals surface area contributed by atoms with Gasteiger partial charge in [-0.1, -0.05) is 0 Å². The third-order valence-corrected chi connectivity index (χ3v) is 5.02. The third kappa shape index (κ3) is 1.93. The Bertz CT molecular complexity index is 760. The van der Waals surface area contributed by atoms with Crippen LogP contribution < -0.4 is 5.32 Å². The molecule has 0 atom stereocenters. The predicted octanol–water partition coefficient (Wildman–Crippen LogP) is 2.32. The summed E-state index contributed by atoms with van der Waals surface area (Å²) in [6.07, 6.45) is 0. The Morgan fingerprint density at radius 2 is 2.11 bits per heavy atom. The zero-order chi connectivity index (χ0) is 13.6. The van der Waals surface area contributed by atoms with Crippen molar-refractivity contribution in [2.75, 3.05) is 10.7 Å². The van der Waals surface area contributed by atoms with Crippen molar-refractivity contribution in [3.05, 3.63) is 11.3 Å². The number of thiophene rings is 1. The number of hydrogen-bond acceptors (Lipinski definition) is 5. The maximum atomic E-state index is 4.66.